The first kappa shape index (κ1) is 78.1. The minimum Gasteiger partial charge on any atom is -0.462 e. The van der Waals surface area contributed by atoms with E-state index in [9.17, 15) is 43.8 Å². The Bertz CT molecular complexity index is 4060. The summed E-state index contributed by atoms with van der Waals surface area (Å²) in [6, 6.07) is 28.4. The number of ether oxygens (including phenoxy) is 9. The molecule has 12 rings (SSSR count). The molecule has 3 N–H and O–H groups in total. The fourth-order valence-electron chi connectivity index (χ4n) is 20.6. The first-order valence-corrected chi connectivity index (χ1v) is 38.4. The highest BCUT2D eigenvalue weighted by atomic mass is 16.7. The van der Waals surface area contributed by atoms with Crippen LogP contribution in [-0.2, 0) is 73.3 Å². The van der Waals surface area contributed by atoms with Gasteiger partial charge in [-0.2, -0.15) is 0 Å². The number of aliphatic hydroxyl groups is 2. The molecule has 1 heterocycles. The van der Waals surface area contributed by atoms with E-state index in [1.54, 1.807) is 66.7 Å². The highest BCUT2D eigenvalue weighted by Gasteiger charge is 2.78. The summed E-state index contributed by atoms with van der Waals surface area (Å²) in [4.78, 5) is 128. The van der Waals surface area contributed by atoms with Crippen molar-refractivity contribution in [3.8, 4) is 5.75 Å². The van der Waals surface area contributed by atoms with Gasteiger partial charge in [-0.3, -0.25) is 28.8 Å². The molecule has 0 aromatic heterocycles. The molecule has 21 heteroatoms. The molecule has 0 spiro atoms. The second kappa shape index (κ2) is 31.2. The van der Waals surface area contributed by atoms with Gasteiger partial charge in [0.05, 0.1) is 42.4 Å². The van der Waals surface area contributed by atoms with Gasteiger partial charge in [-0.15, -0.1) is 0 Å². The van der Waals surface area contributed by atoms with Crippen LogP contribution in [0.2, 0.25) is 0 Å². The van der Waals surface area contributed by atoms with Crippen molar-refractivity contribution < 1.29 is 96.0 Å². The SMILES string of the molecule is CC(=O)O[C@H]1C(=O)[C@@]2(C)[C@H]([C@H](OC(=O)c3ccccc3)[C@]3(O)C[C@H](OC(=O)[C@H](OC(=O)OCc4ccc(OC(=O)CCC(=O)O[C@H]5CC[C@@]6(C)C(=CC[C@H]7[C@@H]8CC[C@H]([C@H](C)CCCC(C)C)[C@@]8(C)CC[C@@H]76)C5)cc4)[C@@H](NC(=O)c4ccccc4)c4ccccc4)C(C)=C1C3(C)C)[C@]1(OC(C)=O)CO[C@@H]1C[C@@H]2O. The highest BCUT2D eigenvalue weighted by molar-refractivity contribution is 5.96. The van der Waals surface area contributed by atoms with Gasteiger partial charge >= 0.3 is 42.0 Å². The second-order valence-electron chi connectivity index (χ2n) is 33.2. The summed E-state index contributed by atoms with van der Waals surface area (Å²) in [5, 5.41) is 29.4. The van der Waals surface area contributed by atoms with Gasteiger partial charge in [-0.25, -0.2) is 14.4 Å². The van der Waals surface area contributed by atoms with E-state index in [1.165, 1.54) is 127 Å². The summed E-state index contributed by atoms with van der Waals surface area (Å²) < 4.78 is 54.5. The number of nitrogens with one attached hydrogen (secondary N) is 1. The molecule has 21 nitrogen and oxygen atoms in total. The van der Waals surface area contributed by atoms with E-state index in [4.69, 9.17) is 42.6 Å². The van der Waals surface area contributed by atoms with Crippen molar-refractivity contribution >= 4 is 53.7 Å². The molecule has 5 saturated carbocycles. The maximum atomic E-state index is 16.0. The first-order valence-electron chi connectivity index (χ1n) is 38.4. The third-order valence-corrected chi connectivity index (χ3v) is 26.3. The summed E-state index contributed by atoms with van der Waals surface area (Å²) in [6.07, 6.45) is 1.76. The van der Waals surface area contributed by atoms with E-state index >= 15 is 9.59 Å². The molecule has 7 aliphatic carbocycles. The number of allylic oxidation sites excluding steroid dienone is 1. The van der Waals surface area contributed by atoms with E-state index in [1.807, 2.05) is 0 Å². The van der Waals surface area contributed by atoms with Crippen LogP contribution >= 0.6 is 0 Å². The molecule has 6 fully saturated rings. The van der Waals surface area contributed by atoms with Crippen LogP contribution in [0.25, 0.3) is 0 Å². The molecule has 19 atom stereocenters. The molecule has 4 aromatic rings. The normalized spacial score (nSPS) is 32.4. The number of Topliss-reactive ketones (excluding diaryl/α,β-unsaturated/α-hetero) is 1. The maximum absolute atomic E-state index is 16.0. The Morgan fingerprint density at radius 1 is 0.720 bits per heavy atom. The van der Waals surface area contributed by atoms with Crippen molar-refractivity contribution in [1.29, 1.82) is 0 Å². The minimum absolute atomic E-state index is 0.0178. The van der Waals surface area contributed by atoms with Crippen LogP contribution in [0.5, 0.6) is 5.75 Å². The Morgan fingerprint density at radius 2 is 1.38 bits per heavy atom. The molecule has 1 aliphatic heterocycles. The predicted molar refractivity (Wildman–Crippen MR) is 391 cm³/mol. The fraction of sp³-hybridized carbons (Fsp3) is 0.570. The van der Waals surface area contributed by atoms with E-state index in [0.717, 1.165) is 56.8 Å². The van der Waals surface area contributed by atoms with Gasteiger partial charge in [-0.05, 0) is 164 Å². The van der Waals surface area contributed by atoms with E-state index in [-0.39, 0.29) is 71.0 Å². The lowest BCUT2D eigenvalue weighted by molar-refractivity contribution is -0.346. The second-order valence-corrected chi connectivity index (χ2v) is 33.2. The van der Waals surface area contributed by atoms with Gasteiger partial charge in [0.15, 0.2) is 17.5 Å². The average molecular weight is 1470 g/mol. The van der Waals surface area contributed by atoms with Gasteiger partial charge in [0.1, 0.15) is 48.4 Å². The number of esters is 6. The molecular weight excluding hydrogens is 1370 g/mol. The van der Waals surface area contributed by atoms with Crippen molar-refractivity contribution in [2.45, 2.75) is 239 Å². The Kier molecular flexibility index (Phi) is 22.8. The van der Waals surface area contributed by atoms with Gasteiger partial charge in [0.25, 0.3) is 5.91 Å². The monoisotopic (exact) mass is 1470 g/mol. The predicted octanol–water partition coefficient (Wildman–Crippen LogP) is 13.7. The molecule has 107 heavy (non-hydrogen) atoms. The number of carbonyl (C=O) groups is 9. The molecule has 0 unspecified atom stereocenters. The number of rotatable bonds is 23. The van der Waals surface area contributed by atoms with Crippen molar-refractivity contribution in [3.05, 3.63) is 160 Å². The number of carbonyl (C=O) groups excluding carboxylic acids is 9. The molecule has 0 radical (unpaired) electrons. The van der Waals surface area contributed by atoms with E-state index in [2.05, 4.69) is 46.0 Å². The standard InChI is InChI=1S/C86H105NO20/c1-49(2)22-21-23-50(3)62-36-37-63-61-35-32-58-44-60(40-42-82(58,9)64(61)41-43-83(62,63)10)103-69(92)39-38-68(91)102-59-33-30-54(31-34-59)47-99-80(97)105-73(71(55-24-15-12-16-25-55)87-77(94)56-26-17-13-18-27-56)79(96)104-65-46-86(98)76(106-78(95)57-28-19-14-20-29-57)74-84(11,66(90)45-67-85(74,48-100-67)107-53(6)89)75(93)72(101-52(5)88)70(51(65)4)81(86,7)8/h12-20,24-34,49-50,60-67,71-74,76,90,98H,21-23,35-48H2,1-11H3,(H,87,94)/t50-,60+,61+,62-,63+,64+,65+,66+,67-,71+,72-,73-,74+,76+,82+,83-,84-,85+,86-/m1/s1. The zero-order valence-corrected chi connectivity index (χ0v) is 63.5. The molecule has 574 valence electrons. The molecule has 1 amide bonds. The van der Waals surface area contributed by atoms with Crippen LogP contribution in [0, 0.1) is 63.1 Å². The lowest BCUT2D eigenvalue weighted by Gasteiger charge is -2.67. The quantitative estimate of drug-likeness (QED) is 0.0269. The van der Waals surface area contributed by atoms with Crippen molar-refractivity contribution in [2.75, 3.05) is 6.61 Å². The number of hydrogen-bond donors (Lipinski definition) is 3. The largest absolute Gasteiger partial charge is 0.509 e. The van der Waals surface area contributed by atoms with E-state index in [0.29, 0.717) is 29.2 Å². The lowest BCUT2D eigenvalue weighted by atomic mass is 9.44. The molecule has 4 aromatic carbocycles. The number of hydrogen-bond acceptors (Lipinski definition) is 20. The number of fused-ring (bicyclic) bond motifs is 10. The lowest BCUT2D eigenvalue weighted by Crippen LogP contribution is -2.82. The molecular formula is C86H105NO20. The van der Waals surface area contributed by atoms with Gasteiger partial charge in [-0.1, -0.05) is 158 Å². The van der Waals surface area contributed by atoms with Crippen LogP contribution in [0.4, 0.5) is 4.79 Å². The van der Waals surface area contributed by atoms with Crippen LogP contribution < -0.4 is 10.1 Å². The summed E-state index contributed by atoms with van der Waals surface area (Å²) in [5.74, 6) is -3.98. The van der Waals surface area contributed by atoms with Crippen molar-refractivity contribution in [1.82, 2.24) is 5.32 Å². The zero-order valence-electron chi connectivity index (χ0n) is 63.5. The number of amides is 1. The molecule has 2 bridgehead atoms. The Labute approximate surface area is 626 Å². The topological polar surface area (TPSA) is 289 Å². The average Bonchev–Trinajstić information content (AvgIpc) is 1.18. The summed E-state index contributed by atoms with van der Waals surface area (Å²) in [5.41, 5.74) is -5.64. The van der Waals surface area contributed by atoms with Crippen LogP contribution in [0.3, 0.4) is 0 Å². The summed E-state index contributed by atoms with van der Waals surface area (Å²) >= 11 is 0. The highest BCUT2D eigenvalue weighted by Crippen LogP contribution is 2.69. The first-order chi connectivity index (χ1) is 50.8. The Hall–Kier alpha value is -8.53. The van der Waals surface area contributed by atoms with Gasteiger partial charge < -0.3 is 58.2 Å². The van der Waals surface area contributed by atoms with E-state index < -0.39 is 137 Å². The van der Waals surface area contributed by atoms with Crippen LogP contribution in [0.15, 0.2) is 138 Å². The zero-order chi connectivity index (χ0) is 76.7. The minimum atomic E-state index is -2.54. The van der Waals surface area contributed by atoms with Gasteiger partial charge in [0.2, 0.25) is 6.10 Å². The fourth-order valence-corrected chi connectivity index (χ4v) is 20.6. The van der Waals surface area contributed by atoms with Gasteiger partial charge in [0, 0.05) is 44.1 Å². The van der Waals surface area contributed by atoms with Crippen LogP contribution in [0.1, 0.15) is 210 Å². The summed E-state index contributed by atoms with van der Waals surface area (Å²) in [7, 11) is 0. The number of benzene rings is 4. The number of ketones is 1. The third-order valence-electron chi connectivity index (χ3n) is 26.3. The molecule has 8 aliphatic rings. The van der Waals surface area contributed by atoms with Crippen molar-refractivity contribution in [2.24, 2.45) is 63.1 Å². The third kappa shape index (κ3) is 15.1. The molecule has 1 saturated heterocycles. The smallest absolute Gasteiger partial charge is 0.462 e. The Balaban J connectivity index is 0.742. The number of aliphatic hydroxyl groups excluding tert-OH is 1. The Morgan fingerprint density at radius 3 is 2.03 bits per heavy atom. The summed E-state index contributed by atoms with van der Waals surface area (Å²) in [6.45, 7) is 19.6. The van der Waals surface area contributed by atoms with Crippen LogP contribution in [-0.4, -0.2) is 124 Å². The van der Waals surface area contributed by atoms with Crippen molar-refractivity contribution in [3.63, 3.8) is 0 Å². The maximum Gasteiger partial charge on any atom is 0.509 e.